The molecule has 0 saturated carbocycles. The van der Waals surface area contributed by atoms with Gasteiger partial charge in [0, 0.05) is 19.5 Å². The van der Waals surface area contributed by atoms with Gasteiger partial charge in [-0.05, 0) is 6.42 Å². The van der Waals surface area contributed by atoms with Gasteiger partial charge in [-0.1, -0.05) is 0 Å². The third kappa shape index (κ3) is 4.24. The normalized spacial score (nSPS) is 20.5. The zero-order valence-corrected chi connectivity index (χ0v) is 9.42. The van der Waals surface area contributed by atoms with Crippen LogP contribution in [0.4, 0.5) is 13.2 Å². The lowest BCUT2D eigenvalue weighted by molar-refractivity contribution is -0.149. The molecule has 17 heavy (non-hydrogen) atoms. The molecule has 0 aromatic heterocycles. The number of carbonyl (C=O) groups excluding carboxylic acids is 2. The summed E-state index contributed by atoms with van der Waals surface area (Å²) in [6.07, 6.45) is -5.55. The van der Waals surface area contributed by atoms with Gasteiger partial charge in [-0.2, -0.15) is 13.2 Å². The van der Waals surface area contributed by atoms with Gasteiger partial charge in [-0.3, -0.25) is 9.59 Å². The smallest absolute Gasteiger partial charge is 0.389 e. The van der Waals surface area contributed by atoms with E-state index in [0.29, 0.717) is 13.0 Å². The minimum atomic E-state index is -4.32. The fourth-order valence-corrected chi connectivity index (χ4v) is 1.75. The number of likely N-dealkylation sites (tertiary alicyclic amines) is 1. The molecule has 7 heteroatoms. The number of amides is 1. The van der Waals surface area contributed by atoms with Crippen molar-refractivity contribution in [1.29, 1.82) is 0 Å². The standard InChI is InChI=1S/C10H14F3NO3/c1-17-9(16)7-3-5-14(6-7)8(15)2-4-10(11,12)13/h7H,2-6H2,1H3. The molecule has 1 saturated heterocycles. The first-order chi connectivity index (χ1) is 7.83. The molecule has 1 atom stereocenters. The molecule has 0 aliphatic carbocycles. The number of esters is 1. The predicted octanol–water partition coefficient (Wildman–Crippen LogP) is 1.35. The van der Waals surface area contributed by atoms with Crippen molar-refractivity contribution in [2.45, 2.75) is 25.4 Å². The lowest BCUT2D eigenvalue weighted by Gasteiger charge is -2.16. The van der Waals surface area contributed by atoms with Gasteiger partial charge in [0.25, 0.3) is 0 Å². The Morgan fingerprint density at radius 2 is 2.06 bits per heavy atom. The van der Waals surface area contributed by atoms with Gasteiger partial charge in [0.2, 0.25) is 5.91 Å². The largest absolute Gasteiger partial charge is 0.469 e. The zero-order chi connectivity index (χ0) is 13.1. The van der Waals surface area contributed by atoms with E-state index in [9.17, 15) is 22.8 Å². The SMILES string of the molecule is COC(=O)C1CCN(C(=O)CCC(F)(F)F)C1. The summed E-state index contributed by atoms with van der Waals surface area (Å²) in [5.41, 5.74) is 0. The minimum absolute atomic E-state index is 0.156. The highest BCUT2D eigenvalue weighted by Gasteiger charge is 2.34. The van der Waals surface area contributed by atoms with E-state index < -0.39 is 36.8 Å². The van der Waals surface area contributed by atoms with Gasteiger partial charge in [-0.15, -0.1) is 0 Å². The van der Waals surface area contributed by atoms with Crippen molar-refractivity contribution in [3.8, 4) is 0 Å². The summed E-state index contributed by atoms with van der Waals surface area (Å²) in [5.74, 6) is -1.39. The maximum absolute atomic E-state index is 11.9. The Morgan fingerprint density at radius 3 is 2.59 bits per heavy atom. The summed E-state index contributed by atoms with van der Waals surface area (Å²) in [7, 11) is 1.25. The molecule has 0 N–H and O–H groups in total. The predicted molar refractivity (Wildman–Crippen MR) is 52.0 cm³/mol. The molecule has 1 aliphatic heterocycles. The Balaban J connectivity index is 2.38. The Hall–Kier alpha value is -1.27. The van der Waals surface area contributed by atoms with Crippen LogP contribution in [0.1, 0.15) is 19.3 Å². The van der Waals surface area contributed by atoms with Crippen molar-refractivity contribution in [1.82, 2.24) is 4.90 Å². The van der Waals surface area contributed by atoms with Crippen LogP contribution in [0.3, 0.4) is 0 Å². The van der Waals surface area contributed by atoms with E-state index in [1.807, 2.05) is 0 Å². The average Bonchev–Trinajstić information content (AvgIpc) is 2.73. The molecular weight excluding hydrogens is 239 g/mol. The number of hydrogen-bond donors (Lipinski definition) is 0. The van der Waals surface area contributed by atoms with Crippen molar-refractivity contribution in [2.75, 3.05) is 20.2 Å². The lowest BCUT2D eigenvalue weighted by Crippen LogP contribution is -2.31. The van der Waals surface area contributed by atoms with E-state index in [0.717, 1.165) is 0 Å². The third-order valence-corrected chi connectivity index (χ3v) is 2.70. The first kappa shape index (κ1) is 13.8. The first-order valence-electron chi connectivity index (χ1n) is 5.26. The fraction of sp³-hybridized carbons (Fsp3) is 0.800. The quantitative estimate of drug-likeness (QED) is 0.713. The van der Waals surface area contributed by atoms with E-state index in [1.54, 1.807) is 0 Å². The second-order valence-electron chi connectivity index (χ2n) is 3.96. The second-order valence-corrected chi connectivity index (χ2v) is 3.96. The number of halogens is 3. The summed E-state index contributed by atoms with van der Waals surface area (Å²) in [6, 6.07) is 0. The van der Waals surface area contributed by atoms with E-state index in [4.69, 9.17) is 0 Å². The number of ether oxygens (including phenoxy) is 1. The highest BCUT2D eigenvalue weighted by molar-refractivity contribution is 5.79. The van der Waals surface area contributed by atoms with Crippen LogP contribution < -0.4 is 0 Å². The zero-order valence-electron chi connectivity index (χ0n) is 9.42. The van der Waals surface area contributed by atoms with Crippen molar-refractivity contribution in [3.05, 3.63) is 0 Å². The maximum Gasteiger partial charge on any atom is 0.389 e. The second kappa shape index (κ2) is 5.37. The highest BCUT2D eigenvalue weighted by Crippen LogP contribution is 2.24. The number of methoxy groups -OCH3 is 1. The van der Waals surface area contributed by atoms with E-state index in [-0.39, 0.29) is 6.54 Å². The molecule has 1 rings (SSSR count). The van der Waals surface area contributed by atoms with E-state index >= 15 is 0 Å². The van der Waals surface area contributed by atoms with Crippen LogP contribution in [0.25, 0.3) is 0 Å². The molecule has 1 heterocycles. The monoisotopic (exact) mass is 253 g/mol. The molecule has 0 aromatic carbocycles. The van der Waals surface area contributed by atoms with Crippen LogP contribution in [0.15, 0.2) is 0 Å². The Morgan fingerprint density at radius 1 is 1.41 bits per heavy atom. The summed E-state index contributed by atoms with van der Waals surface area (Å²) < 4.78 is 40.3. The molecule has 4 nitrogen and oxygen atoms in total. The summed E-state index contributed by atoms with van der Waals surface area (Å²) in [6.45, 7) is 0.472. The Bertz CT molecular complexity index is 304. The molecule has 98 valence electrons. The number of nitrogens with zero attached hydrogens (tertiary/aromatic N) is 1. The van der Waals surface area contributed by atoms with E-state index in [2.05, 4.69) is 4.74 Å². The fourth-order valence-electron chi connectivity index (χ4n) is 1.75. The van der Waals surface area contributed by atoms with Crippen LogP contribution in [0.5, 0.6) is 0 Å². The van der Waals surface area contributed by atoms with Crippen LogP contribution >= 0.6 is 0 Å². The van der Waals surface area contributed by atoms with Crippen molar-refractivity contribution in [3.63, 3.8) is 0 Å². The molecular formula is C10H14F3NO3. The Kier molecular flexibility index (Phi) is 4.36. The molecule has 1 amide bonds. The number of alkyl halides is 3. The van der Waals surface area contributed by atoms with Gasteiger partial charge in [0.1, 0.15) is 0 Å². The Labute approximate surface area is 96.7 Å². The number of hydrogen-bond acceptors (Lipinski definition) is 3. The van der Waals surface area contributed by atoms with Crippen LogP contribution in [0.2, 0.25) is 0 Å². The summed E-state index contributed by atoms with van der Waals surface area (Å²) in [4.78, 5) is 23.9. The topological polar surface area (TPSA) is 46.6 Å². The van der Waals surface area contributed by atoms with Gasteiger partial charge in [0.15, 0.2) is 0 Å². The molecule has 0 spiro atoms. The maximum atomic E-state index is 11.9. The minimum Gasteiger partial charge on any atom is -0.469 e. The lowest BCUT2D eigenvalue weighted by atomic mass is 10.1. The summed E-state index contributed by atoms with van der Waals surface area (Å²) >= 11 is 0. The molecule has 0 aromatic rings. The van der Waals surface area contributed by atoms with E-state index in [1.165, 1.54) is 12.0 Å². The summed E-state index contributed by atoms with van der Waals surface area (Å²) in [5, 5.41) is 0. The first-order valence-corrected chi connectivity index (χ1v) is 5.26. The van der Waals surface area contributed by atoms with Crippen molar-refractivity contribution in [2.24, 2.45) is 5.92 Å². The highest BCUT2D eigenvalue weighted by atomic mass is 19.4. The molecule has 1 unspecified atom stereocenters. The van der Waals surface area contributed by atoms with Gasteiger partial charge in [-0.25, -0.2) is 0 Å². The van der Waals surface area contributed by atoms with Gasteiger partial charge >= 0.3 is 12.1 Å². The number of carbonyl (C=O) groups is 2. The number of rotatable bonds is 3. The van der Waals surface area contributed by atoms with Crippen LogP contribution in [-0.4, -0.2) is 43.2 Å². The molecule has 0 bridgehead atoms. The molecule has 0 radical (unpaired) electrons. The van der Waals surface area contributed by atoms with Gasteiger partial charge in [0.05, 0.1) is 19.4 Å². The van der Waals surface area contributed by atoms with Crippen LogP contribution in [0, 0.1) is 5.92 Å². The van der Waals surface area contributed by atoms with Crippen molar-refractivity contribution >= 4 is 11.9 Å². The molecule has 1 fully saturated rings. The van der Waals surface area contributed by atoms with Crippen LogP contribution in [-0.2, 0) is 14.3 Å². The van der Waals surface area contributed by atoms with Crippen molar-refractivity contribution < 1.29 is 27.5 Å². The third-order valence-electron chi connectivity index (χ3n) is 2.70. The van der Waals surface area contributed by atoms with Gasteiger partial charge < -0.3 is 9.64 Å². The average molecular weight is 253 g/mol. The molecule has 1 aliphatic rings.